The molecule has 0 saturated heterocycles. The highest BCUT2D eigenvalue weighted by Crippen LogP contribution is 2.19. The quantitative estimate of drug-likeness (QED) is 0.111. The summed E-state index contributed by atoms with van der Waals surface area (Å²) < 4.78 is 65.0. The normalized spacial score (nSPS) is 13.1. The zero-order valence-electron chi connectivity index (χ0n) is 30.3. The SMILES string of the molecule is CO[Si](CCCN(C)CCC[Si](OC)(OC)OC)(OC)OC.CO[Si](CCCN(C)CCC[Si](OC)(OC)OC)(OC)OC. The summed E-state index contributed by atoms with van der Waals surface area (Å²) in [5.74, 6) is 0. The Morgan fingerprint density at radius 1 is 0.295 bits per heavy atom. The van der Waals surface area contributed by atoms with Gasteiger partial charge in [-0.2, -0.15) is 0 Å². The van der Waals surface area contributed by atoms with Crippen molar-refractivity contribution in [3.05, 3.63) is 0 Å². The summed E-state index contributed by atoms with van der Waals surface area (Å²) in [5.41, 5.74) is 0. The van der Waals surface area contributed by atoms with Crippen LogP contribution >= 0.6 is 0 Å². The first-order chi connectivity index (χ1) is 20.9. The standard InChI is InChI=1S/2C13H33NO6Si2/c2*1-14(10-8-12-21(15-2,16-3)17-4)11-9-13-22(18-5,19-6)20-7/h2*8-13H2,1-7H3. The van der Waals surface area contributed by atoms with Crippen LogP contribution in [0.15, 0.2) is 0 Å². The van der Waals surface area contributed by atoms with Gasteiger partial charge in [-0.05, 0) is 66.0 Å². The van der Waals surface area contributed by atoms with Crippen molar-refractivity contribution in [2.24, 2.45) is 0 Å². The Morgan fingerprint density at radius 2 is 0.432 bits per heavy atom. The predicted octanol–water partition coefficient (Wildman–Crippen LogP) is 2.91. The average molecular weight is 711 g/mol. The smallest absolute Gasteiger partial charge is 0.377 e. The van der Waals surface area contributed by atoms with Crippen LogP contribution in [-0.2, 0) is 53.1 Å². The van der Waals surface area contributed by atoms with Crippen LogP contribution in [0.25, 0.3) is 0 Å². The summed E-state index contributed by atoms with van der Waals surface area (Å²) in [5, 5.41) is 0. The van der Waals surface area contributed by atoms with Gasteiger partial charge in [0.1, 0.15) is 0 Å². The number of rotatable bonds is 28. The molecular weight excluding hydrogens is 645 g/mol. The summed E-state index contributed by atoms with van der Waals surface area (Å²) in [4.78, 5) is 4.56. The topological polar surface area (TPSA) is 117 Å². The summed E-state index contributed by atoms with van der Waals surface area (Å²) in [6, 6.07) is 3.25. The van der Waals surface area contributed by atoms with E-state index in [0.717, 1.165) is 76.0 Å². The minimum Gasteiger partial charge on any atom is -0.377 e. The molecule has 0 aromatic heterocycles. The molecule has 0 unspecified atom stereocenters. The number of hydrogen-bond donors (Lipinski definition) is 0. The van der Waals surface area contributed by atoms with Crippen molar-refractivity contribution >= 4 is 35.2 Å². The lowest BCUT2D eigenvalue weighted by Gasteiger charge is -2.26. The molecule has 18 heteroatoms. The minimum atomic E-state index is -2.44. The van der Waals surface area contributed by atoms with Crippen molar-refractivity contribution in [2.45, 2.75) is 49.9 Å². The van der Waals surface area contributed by atoms with Gasteiger partial charge in [-0.3, -0.25) is 0 Å². The zero-order valence-corrected chi connectivity index (χ0v) is 34.3. The summed E-state index contributed by atoms with van der Waals surface area (Å²) in [6.07, 6.45) is 3.89. The molecule has 0 spiro atoms. The van der Waals surface area contributed by atoms with Gasteiger partial charge in [-0.1, -0.05) is 0 Å². The molecule has 44 heavy (non-hydrogen) atoms. The highest BCUT2D eigenvalue weighted by atomic mass is 28.4. The third kappa shape index (κ3) is 17.5. The van der Waals surface area contributed by atoms with E-state index in [1.54, 1.807) is 85.3 Å². The Balaban J connectivity index is 0. The van der Waals surface area contributed by atoms with E-state index in [-0.39, 0.29) is 0 Å². The lowest BCUT2D eigenvalue weighted by molar-refractivity contribution is 0.119. The van der Waals surface area contributed by atoms with Crippen molar-refractivity contribution in [2.75, 3.05) is 126 Å². The van der Waals surface area contributed by atoms with E-state index >= 15 is 0 Å². The Labute approximate surface area is 273 Å². The highest BCUT2D eigenvalue weighted by molar-refractivity contribution is 6.61. The maximum Gasteiger partial charge on any atom is 0.500 e. The molecule has 0 aromatic carbocycles. The Morgan fingerprint density at radius 3 is 0.545 bits per heavy atom. The van der Waals surface area contributed by atoms with E-state index in [2.05, 4.69) is 23.9 Å². The molecule has 0 aliphatic carbocycles. The number of hydrogen-bond acceptors (Lipinski definition) is 14. The predicted molar refractivity (Wildman–Crippen MR) is 180 cm³/mol. The molecule has 0 aliphatic rings. The first-order valence-corrected chi connectivity index (χ1v) is 22.6. The molecular formula is C26H66N2O12Si4. The van der Waals surface area contributed by atoms with E-state index in [9.17, 15) is 0 Å². The van der Waals surface area contributed by atoms with Crippen LogP contribution in [0.1, 0.15) is 25.7 Å². The van der Waals surface area contributed by atoms with E-state index in [4.69, 9.17) is 53.1 Å². The van der Waals surface area contributed by atoms with Crippen LogP contribution in [0.3, 0.4) is 0 Å². The van der Waals surface area contributed by atoms with Gasteiger partial charge in [-0.25, -0.2) is 0 Å². The van der Waals surface area contributed by atoms with Gasteiger partial charge in [0.25, 0.3) is 0 Å². The molecule has 268 valence electrons. The van der Waals surface area contributed by atoms with Gasteiger partial charge >= 0.3 is 35.2 Å². The van der Waals surface area contributed by atoms with E-state index in [0.29, 0.717) is 0 Å². The average Bonchev–Trinajstić information content (AvgIpc) is 3.06. The molecule has 0 aliphatic heterocycles. The number of nitrogens with zero attached hydrogens (tertiary/aromatic N) is 2. The van der Waals surface area contributed by atoms with E-state index < -0.39 is 35.2 Å². The van der Waals surface area contributed by atoms with E-state index in [1.165, 1.54) is 0 Å². The van der Waals surface area contributed by atoms with Crippen molar-refractivity contribution in [1.29, 1.82) is 0 Å². The summed E-state index contributed by atoms with van der Waals surface area (Å²) in [6.45, 7) is 3.86. The molecule has 0 heterocycles. The fourth-order valence-corrected chi connectivity index (χ4v) is 11.5. The van der Waals surface area contributed by atoms with Crippen LogP contribution in [0, 0.1) is 0 Å². The molecule has 0 saturated carbocycles. The molecule has 0 N–H and O–H groups in total. The van der Waals surface area contributed by atoms with Crippen LogP contribution in [0.5, 0.6) is 0 Å². The zero-order chi connectivity index (χ0) is 34.1. The van der Waals surface area contributed by atoms with Crippen molar-refractivity contribution in [1.82, 2.24) is 9.80 Å². The molecule has 0 rings (SSSR count). The van der Waals surface area contributed by atoms with Crippen LogP contribution in [0.4, 0.5) is 0 Å². The van der Waals surface area contributed by atoms with Crippen LogP contribution < -0.4 is 0 Å². The Kier molecular flexibility index (Phi) is 27.7. The monoisotopic (exact) mass is 710 g/mol. The molecule has 0 fully saturated rings. The maximum atomic E-state index is 5.42. The molecule has 14 nitrogen and oxygen atoms in total. The third-order valence-corrected chi connectivity index (χ3v) is 19.2. The van der Waals surface area contributed by atoms with Gasteiger partial charge in [0, 0.05) is 109 Å². The van der Waals surface area contributed by atoms with Crippen LogP contribution in [0.2, 0.25) is 24.2 Å². The van der Waals surface area contributed by atoms with Crippen molar-refractivity contribution in [3.8, 4) is 0 Å². The van der Waals surface area contributed by atoms with Gasteiger partial charge in [-0.15, -0.1) is 0 Å². The maximum absolute atomic E-state index is 5.42. The van der Waals surface area contributed by atoms with Gasteiger partial charge in [0.05, 0.1) is 0 Å². The molecule has 0 radical (unpaired) electrons. The van der Waals surface area contributed by atoms with Gasteiger partial charge < -0.3 is 62.9 Å². The fraction of sp³-hybridized carbons (Fsp3) is 1.00. The third-order valence-electron chi connectivity index (χ3n) is 7.82. The van der Waals surface area contributed by atoms with Gasteiger partial charge in [0.15, 0.2) is 0 Å². The van der Waals surface area contributed by atoms with Crippen LogP contribution in [-0.4, -0.2) is 171 Å². The largest absolute Gasteiger partial charge is 0.500 e. The molecule has 0 atom stereocenters. The van der Waals surface area contributed by atoms with Crippen molar-refractivity contribution < 1.29 is 53.1 Å². The second-order valence-corrected chi connectivity index (χ2v) is 22.6. The lowest BCUT2D eigenvalue weighted by Crippen LogP contribution is -2.43. The lowest BCUT2D eigenvalue weighted by atomic mass is 10.4. The van der Waals surface area contributed by atoms with Crippen molar-refractivity contribution in [3.63, 3.8) is 0 Å². The molecule has 0 bridgehead atoms. The molecule has 0 aromatic rings. The second kappa shape index (κ2) is 26.3. The second-order valence-electron chi connectivity index (χ2n) is 10.2. The summed E-state index contributed by atoms with van der Waals surface area (Å²) in [7, 11) is 14.2. The first-order valence-electron chi connectivity index (χ1n) is 14.9. The van der Waals surface area contributed by atoms with Gasteiger partial charge in [0.2, 0.25) is 0 Å². The first kappa shape index (κ1) is 46.4. The Hall–Kier alpha value is 0.308. The van der Waals surface area contributed by atoms with E-state index in [1.807, 2.05) is 0 Å². The minimum absolute atomic E-state index is 0.813. The summed E-state index contributed by atoms with van der Waals surface area (Å²) >= 11 is 0. The highest BCUT2D eigenvalue weighted by Gasteiger charge is 2.39. The Bertz CT molecular complexity index is 523. The molecule has 0 amide bonds. The fourth-order valence-electron chi connectivity index (χ4n) is 4.71.